The zero-order valence-electron chi connectivity index (χ0n) is 18.0. The molecule has 0 aliphatic heterocycles. The van der Waals surface area contributed by atoms with Crippen LogP contribution in [0.5, 0.6) is 0 Å². The van der Waals surface area contributed by atoms with E-state index in [1.807, 2.05) is 0 Å². The Hall–Kier alpha value is -0.370. The van der Waals surface area contributed by atoms with Gasteiger partial charge < -0.3 is 0 Å². The summed E-state index contributed by atoms with van der Waals surface area (Å²) in [7, 11) is 0. The highest BCUT2D eigenvalue weighted by atomic mass is 79.9. The molecule has 0 fully saturated rings. The molecule has 0 N–H and O–H groups in total. The van der Waals surface area contributed by atoms with Gasteiger partial charge in [0.25, 0.3) is 0 Å². The molecule has 0 aromatic carbocycles. The zero-order chi connectivity index (χ0) is 19.4. The van der Waals surface area contributed by atoms with Crippen LogP contribution in [0.4, 0.5) is 0 Å². The van der Waals surface area contributed by atoms with Gasteiger partial charge >= 0.3 is 0 Å². The molecule has 1 atom stereocenters. The Labute approximate surface area is 99.2 Å². The number of aromatic nitrogens is 1. The quantitative estimate of drug-likeness (QED) is 0.768. The van der Waals surface area contributed by atoms with Crippen LogP contribution in [0.1, 0.15) is 53.7 Å². The summed E-state index contributed by atoms with van der Waals surface area (Å²) in [6.45, 7) is -9.38. The third kappa shape index (κ3) is 2.07. The number of nitrogens with zero attached hydrogens (tertiary/aromatic N) is 1. The van der Waals surface area contributed by atoms with Crippen molar-refractivity contribution in [1.82, 2.24) is 4.98 Å². The van der Waals surface area contributed by atoms with Gasteiger partial charge in [-0.3, -0.25) is 4.98 Å². The van der Waals surface area contributed by atoms with Gasteiger partial charge in [0.15, 0.2) is 0 Å². The third-order valence-corrected chi connectivity index (χ3v) is 1.86. The van der Waals surface area contributed by atoms with Gasteiger partial charge in [0.05, 0.1) is 5.69 Å². The van der Waals surface area contributed by atoms with E-state index in [0.717, 1.165) is 12.3 Å². The molecule has 0 bridgehead atoms. The minimum atomic E-state index is -3.45. The van der Waals surface area contributed by atoms with Gasteiger partial charge in [0, 0.05) is 27.1 Å². The maximum atomic E-state index is 8.20. The predicted octanol–water partition coefficient (Wildman–Crippen LogP) is 3.67. The van der Waals surface area contributed by atoms with Crippen LogP contribution in [0.3, 0.4) is 0 Å². The summed E-state index contributed by atoms with van der Waals surface area (Å²) < 4.78 is 89.9. The Balaban J connectivity index is 3.70. The van der Waals surface area contributed by atoms with Crippen molar-refractivity contribution in [2.24, 2.45) is 0 Å². The highest BCUT2D eigenvalue weighted by molar-refractivity contribution is 9.10. The van der Waals surface area contributed by atoms with Gasteiger partial charge in [-0.1, -0.05) is 13.7 Å². The molecule has 2 heteroatoms. The number of rotatable bonds is 2. The van der Waals surface area contributed by atoms with Gasteiger partial charge in [-0.05, 0) is 46.7 Å². The molecule has 0 radical (unpaired) electrons. The fourth-order valence-corrected chi connectivity index (χ4v) is 0.996. The Kier molecular flexibility index (Phi) is 0.791. The lowest BCUT2D eigenvalue weighted by Crippen LogP contribution is -1.94. The number of hydrogen-bond donors (Lipinski definition) is 0. The molecule has 0 saturated carbocycles. The maximum Gasteiger partial charge on any atom is 0.0514 e. The van der Waals surface area contributed by atoms with Gasteiger partial charge in [-0.15, -0.1) is 0 Å². The maximum absolute atomic E-state index is 8.20. The van der Waals surface area contributed by atoms with Crippen molar-refractivity contribution in [1.29, 1.82) is 0 Å². The molecular weight excluding hydrogens is 214 g/mol. The molecule has 12 heavy (non-hydrogen) atoms. The van der Waals surface area contributed by atoms with Crippen LogP contribution in [-0.4, -0.2) is 4.98 Å². The monoisotopic (exact) mass is 239 g/mol. The minimum absolute atomic E-state index is 0.165. The number of halogens is 1. The van der Waals surface area contributed by atoms with Crippen LogP contribution in [0, 0.1) is 6.85 Å². The third-order valence-electron chi connectivity index (χ3n) is 1.25. The molecule has 1 aromatic rings. The van der Waals surface area contributed by atoms with Crippen LogP contribution >= 0.6 is 15.9 Å². The Morgan fingerprint density at radius 1 is 1.92 bits per heavy atom. The molecule has 1 unspecified atom stereocenters. The molecule has 1 rings (SSSR count). The van der Waals surface area contributed by atoms with E-state index >= 15 is 0 Å². The van der Waals surface area contributed by atoms with Crippen molar-refractivity contribution in [2.45, 2.75) is 32.8 Å². The summed E-state index contributed by atoms with van der Waals surface area (Å²) in [5, 5.41) is 0. The molecule has 0 aliphatic rings. The summed E-state index contributed by atoms with van der Waals surface area (Å²) in [5.41, 5.74) is -0.975. The second-order valence-corrected chi connectivity index (χ2v) is 2.91. The topological polar surface area (TPSA) is 12.9 Å². The Morgan fingerprint density at radius 3 is 3.42 bits per heavy atom. The predicted molar refractivity (Wildman–Crippen MR) is 55.4 cm³/mol. The summed E-state index contributed by atoms with van der Waals surface area (Å²) in [6.07, 6.45) is -2.73. The molecule has 1 nitrogen and oxygen atoms in total. The minimum Gasteiger partial charge on any atom is -0.260 e. The Morgan fingerprint density at radius 2 is 2.83 bits per heavy atom. The molecule has 1 heterocycles. The van der Waals surface area contributed by atoms with Crippen molar-refractivity contribution >= 4 is 15.9 Å². The second kappa shape index (κ2) is 4.04. The molecular formula is C10H14BrN. The number of pyridine rings is 1. The van der Waals surface area contributed by atoms with Gasteiger partial charge in [0.2, 0.25) is 0 Å². The fraction of sp³-hybridized carbons (Fsp3) is 0.500. The highest BCUT2D eigenvalue weighted by Gasteiger charge is 2.04. The average Bonchev–Trinajstić information content (AvgIpc) is 2.32. The van der Waals surface area contributed by atoms with E-state index in [2.05, 4.69) is 20.9 Å². The number of hydrogen-bond acceptors (Lipinski definition) is 1. The smallest absolute Gasteiger partial charge is 0.0514 e. The largest absolute Gasteiger partial charge is 0.260 e. The Bertz CT molecular complexity index is 616. The summed E-state index contributed by atoms with van der Waals surface area (Å²) >= 11 is 2.91. The first kappa shape index (κ1) is 2.35. The number of aryl methyl sites for hydroxylation is 1. The molecule has 0 saturated heterocycles. The first-order valence-electron chi connectivity index (χ1n) is 9.04. The zero-order valence-corrected chi connectivity index (χ0v) is 7.57. The van der Waals surface area contributed by atoms with E-state index in [1.54, 1.807) is 0 Å². The standard InChI is InChI=1S/C10H14BrN/c1-4-7(2)9-5-10(11)8(3)12-6-9/h5-7H,4H2,1-3H3/i1D3,2D3,3D3,4D2,7D. The molecule has 0 aliphatic carbocycles. The van der Waals surface area contributed by atoms with Crippen LogP contribution in [0.25, 0.3) is 0 Å². The van der Waals surface area contributed by atoms with Crippen LogP contribution < -0.4 is 0 Å². The van der Waals surface area contributed by atoms with Crippen molar-refractivity contribution < 1.29 is 16.4 Å². The summed E-state index contributed by atoms with van der Waals surface area (Å²) in [6, 6.07) is 0.914. The molecule has 0 spiro atoms. The van der Waals surface area contributed by atoms with Crippen molar-refractivity contribution in [3.63, 3.8) is 0 Å². The molecule has 1 aromatic heterocycles. The van der Waals surface area contributed by atoms with E-state index in [0.29, 0.717) is 0 Å². The van der Waals surface area contributed by atoms with E-state index in [1.165, 1.54) is 0 Å². The fourth-order valence-electron chi connectivity index (χ4n) is 0.647. The lowest BCUT2D eigenvalue weighted by Gasteiger charge is -2.09. The van der Waals surface area contributed by atoms with Crippen LogP contribution in [0.15, 0.2) is 16.7 Å². The SMILES string of the molecule is [2H]C([2H])([2H])c1ncc(C([2H])(C([2H])([2H])[2H])C([2H])([2H])C([2H])([2H])[2H])cc1Br. The van der Waals surface area contributed by atoms with Crippen LogP contribution in [0.2, 0.25) is 0 Å². The highest BCUT2D eigenvalue weighted by Crippen LogP contribution is 2.22. The lowest BCUT2D eigenvalue weighted by molar-refractivity contribution is 0.728. The molecule has 0 amide bonds. The van der Waals surface area contributed by atoms with Crippen molar-refractivity contribution in [3.8, 4) is 0 Å². The summed E-state index contributed by atoms with van der Waals surface area (Å²) in [4.78, 5) is 3.59. The van der Waals surface area contributed by atoms with E-state index < -0.39 is 44.1 Å². The normalized spacial score (nSPS) is 34.8. The second-order valence-electron chi connectivity index (χ2n) is 2.05. The van der Waals surface area contributed by atoms with Gasteiger partial charge in [-0.2, -0.15) is 0 Å². The first-order chi connectivity index (χ1) is 10.4. The van der Waals surface area contributed by atoms with Crippen LogP contribution in [-0.2, 0) is 0 Å². The van der Waals surface area contributed by atoms with Gasteiger partial charge in [-0.25, -0.2) is 0 Å². The lowest BCUT2D eigenvalue weighted by atomic mass is 10.0. The van der Waals surface area contributed by atoms with E-state index in [-0.39, 0.29) is 4.47 Å². The van der Waals surface area contributed by atoms with E-state index in [4.69, 9.17) is 16.4 Å². The van der Waals surface area contributed by atoms with Gasteiger partial charge in [0.1, 0.15) is 0 Å². The summed E-state index contributed by atoms with van der Waals surface area (Å²) in [5.74, 6) is -3.19. The first-order valence-corrected chi connectivity index (χ1v) is 3.83. The van der Waals surface area contributed by atoms with Crippen molar-refractivity contribution in [2.75, 3.05) is 0 Å². The van der Waals surface area contributed by atoms with Crippen molar-refractivity contribution in [3.05, 3.63) is 28.0 Å². The molecule has 66 valence electrons. The average molecular weight is 240 g/mol. The van der Waals surface area contributed by atoms with E-state index in [9.17, 15) is 0 Å².